The van der Waals surface area contributed by atoms with E-state index in [1.807, 2.05) is 17.0 Å². The molecular weight excluding hydrogens is 408 g/mol. The first-order valence-corrected chi connectivity index (χ1v) is 11.7. The number of carbonyl (C=O) groups excluding carboxylic acids is 1. The largest absolute Gasteiger partial charge is 0.493 e. The molecule has 0 bridgehead atoms. The van der Waals surface area contributed by atoms with E-state index >= 15 is 0 Å². The van der Waals surface area contributed by atoms with E-state index in [9.17, 15) is 14.7 Å². The summed E-state index contributed by atoms with van der Waals surface area (Å²) in [7, 11) is 3.25. The van der Waals surface area contributed by atoms with Crippen molar-refractivity contribution in [1.82, 2.24) is 4.90 Å². The molecule has 2 aliphatic heterocycles. The smallest absolute Gasteiger partial charge is 0.303 e. The highest BCUT2D eigenvalue weighted by Gasteiger charge is 2.34. The van der Waals surface area contributed by atoms with Crippen LogP contribution in [0.5, 0.6) is 11.5 Å². The molecule has 1 amide bonds. The molecule has 0 spiro atoms. The summed E-state index contributed by atoms with van der Waals surface area (Å²) in [4.78, 5) is 31.0. The van der Waals surface area contributed by atoms with Crippen molar-refractivity contribution in [3.63, 3.8) is 0 Å². The van der Waals surface area contributed by atoms with Crippen LogP contribution in [0.3, 0.4) is 0 Å². The van der Waals surface area contributed by atoms with Crippen LogP contribution in [0.15, 0.2) is 17.1 Å². The lowest BCUT2D eigenvalue weighted by Gasteiger charge is -2.39. The van der Waals surface area contributed by atoms with Gasteiger partial charge in [0.2, 0.25) is 5.91 Å². The highest BCUT2D eigenvalue weighted by molar-refractivity contribution is 6.03. The molecule has 1 N–H and O–H groups in total. The van der Waals surface area contributed by atoms with Gasteiger partial charge in [-0.15, -0.1) is 0 Å². The van der Waals surface area contributed by atoms with E-state index in [0.717, 1.165) is 43.4 Å². The number of hydrogen-bond acceptors (Lipinski definition) is 5. The van der Waals surface area contributed by atoms with E-state index in [1.165, 1.54) is 5.56 Å². The van der Waals surface area contributed by atoms with Gasteiger partial charge in [0.15, 0.2) is 11.5 Å². The first kappa shape index (κ1) is 24.1. The van der Waals surface area contributed by atoms with Gasteiger partial charge in [-0.2, -0.15) is 0 Å². The van der Waals surface area contributed by atoms with E-state index < -0.39 is 5.97 Å². The van der Waals surface area contributed by atoms with Crippen molar-refractivity contribution < 1.29 is 24.2 Å². The minimum absolute atomic E-state index is 0.0420. The molecular formula is C25H36N2O5. The average Bonchev–Trinajstić information content (AvgIpc) is 2.79. The highest BCUT2D eigenvalue weighted by atomic mass is 16.5. The normalized spacial score (nSPS) is 20.3. The Kier molecular flexibility index (Phi) is 8.53. The summed E-state index contributed by atoms with van der Waals surface area (Å²) in [5.74, 6) is 0.903. The van der Waals surface area contributed by atoms with Gasteiger partial charge in [0.1, 0.15) is 0 Å². The number of carboxylic acids is 1. The number of ether oxygens (including phenoxy) is 2. The lowest BCUT2D eigenvalue weighted by atomic mass is 9.78. The van der Waals surface area contributed by atoms with E-state index in [-0.39, 0.29) is 24.2 Å². The lowest BCUT2D eigenvalue weighted by molar-refractivity contribution is -0.139. The van der Waals surface area contributed by atoms with Crippen LogP contribution >= 0.6 is 0 Å². The molecule has 1 aromatic rings. The number of aliphatic imine (C=N–C) groups is 1. The molecule has 0 unspecified atom stereocenters. The van der Waals surface area contributed by atoms with Gasteiger partial charge in [0.05, 0.1) is 14.2 Å². The number of benzene rings is 1. The van der Waals surface area contributed by atoms with Gasteiger partial charge >= 0.3 is 5.97 Å². The number of aliphatic carboxylic acids is 1. The van der Waals surface area contributed by atoms with Crippen molar-refractivity contribution in [2.45, 2.75) is 58.3 Å². The zero-order valence-electron chi connectivity index (χ0n) is 19.6. The summed E-state index contributed by atoms with van der Waals surface area (Å²) in [5, 5.41) is 9.45. The summed E-state index contributed by atoms with van der Waals surface area (Å²) < 4.78 is 11.0. The van der Waals surface area contributed by atoms with Crippen molar-refractivity contribution in [1.29, 1.82) is 0 Å². The summed E-state index contributed by atoms with van der Waals surface area (Å²) >= 11 is 0. The van der Waals surface area contributed by atoms with Crippen LogP contribution in [0.2, 0.25) is 0 Å². The quantitative estimate of drug-likeness (QED) is 0.552. The van der Waals surface area contributed by atoms with Gasteiger partial charge in [-0.3, -0.25) is 14.6 Å². The number of rotatable bonds is 10. The SMILES string of the molecule is CCCCCC(=O)N1CC[C@@H](CC(=O)O)[C@@H](CC2=NCCc3cc(OC)c(OC)cc32)C1. The molecule has 0 aliphatic carbocycles. The van der Waals surface area contributed by atoms with Crippen LogP contribution in [0, 0.1) is 11.8 Å². The molecule has 3 rings (SSSR count). The van der Waals surface area contributed by atoms with E-state index in [1.54, 1.807) is 14.2 Å². The fraction of sp³-hybridized carbons (Fsp3) is 0.640. The Morgan fingerprint density at radius 1 is 1.16 bits per heavy atom. The third-order valence-corrected chi connectivity index (χ3v) is 6.73. The molecule has 7 nitrogen and oxygen atoms in total. The van der Waals surface area contributed by atoms with Crippen molar-refractivity contribution in [3.8, 4) is 11.5 Å². The molecule has 1 saturated heterocycles. The molecule has 2 atom stereocenters. The average molecular weight is 445 g/mol. The predicted octanol–water partition coefficient (Wildman–Crippen LogP) is 3.96. The molecule has 7 heteroatoms. The van der Waals surface area contributed by atoms with Gasteiger partial charge in [0, 0.05) is 43.8 Å². The van der Waals surface area contributed by atoms with Crippen molar-refractivity contribution in [3.05, 3.63) is 23.3 Å². The van der Waals surface area contributed by atoms with Crippen LogP contribution < -0.4 is 9.47 Å². The molecule has 2 aliphatic rings. The number of fused-ring (bicyclic) bond motifs is 1. The zero-order chi connectivity index (χ0) is 23.1. The molecule has 2 heterocycles. The molecule has 1 fully saturated rings. The minimum atomic E-state index is -0.778. The Hall–Kier alpha value is -2.57. The van der Waals surface area contributed by atoms with Crippen molar-refractivity contribution in [2.75, 3.05) is 33.9 Å². The van der Waals surface area contributed by atoms with E-state index in [2.05, 4.69) is 6.92 Å². The number of carboxylic acid groups (broad SMARTS) is 1. The summed E-state index contributed by atoms with van der Waals surface area (Å²) in [6, 6.07) is 4.00. The number of piperidine rings is 1. The number of unbranched alkanes of at least 4 members (excludes halogenated alkanes) is 2. The van der Waals surface area contributed by atoms with Gasteiger partial charge in [-0.1, -0.05) is 19.8 Å². The Bertz CT molecular complexity index is 851. The second kappa shape index (κ2) is 11.3. The molecule has 0 aromatic heterocycles. The Balaban J connectivity index is 1.79. The highest BCUT2D eigenvalue weighted by Crippen LogP contribution is 2.36. The van der Waals surface area contributed by atoms with Crippen LogP contribution in [-0.2, 0) is 16.0 Å². The summed E-state index contributed by atoms with van der Waals surface area (Å²) in [6.45, 7) is 4.08. The lowest BCUT2D eigenvalue weighted by Crippen LogP contribution is -2.45. The summed E-state index contributed by atoms with van der Waals surface area (Å²) in [5.41, 5.74) is 3.20. The maximum atomic E-state index is 12.7. The Morgan fingerprint density at radius 2 is 1.91 bits per heavy atom. The Morgan fingerprint density at radius 3 is 2.59 bits per heavy atom. The number of hydrogen-bond donors (Lipinski definition) is 1. The molecule has 0 saturated carbocycles. The first-order chi connectivity index (χ1) is 15.5. The van der Waals surface area contributed by atoms with Gasteiger partial charge in [0.25, 0.3) is 0 Å². The van der Waals surface area contributed by atoms with Crippen molar-refractivity contribution >= 4 is 17.6 Å². The second-order valence-corrected chi connectivity index (χ2v) is 8.85. The number of carbonyl (C=O) groups is 2. The third kappa shape index (κ3) is 5.81. The fourth-order valence-electron chi connectivity index (χ4n) is 4.93. The fourth-order valence-corrected chi connectivity index (χ4v) is 4.93. The number of likely N-dealkylation sites (tertiary alicyclic amines) is 1. The van der Waals surface area contributed by atoms with Gasteiger partial charge in [-0.05, 0) is 55.2 Å². The van der Waals surface area contributed by atoms with E-state index in [4.69, 9.17) is 14.5 Å². The maximum absolute atomic E-state index is 12.7. The number of amides is 1. The Labute approximate surface area is 190 Å². The number of methoxy groups -OCH3 is 2. The zero-order valence-corrected chi connectivity index (χ0v) is 19.6. The predicted molar refractivity (Wildman–Crippen MR) is 124 cm³/mol. The molecule has 1 aromatic carbocycles. The van der Waals surface area contributed by atoms with Gasteiger partial charge in [-0.25, -0.2) is 0 Å². The van der Waals surface area contributed by atoms with Crippen LogP contribution in [-0.4, -0.2) is 61.4 Å². The first-order valence-electron chi connectivity index (χ1n) is 11.7. The van der Waals surface area contributed by atoms with Gasteiger partial charge < -0.3 is 19.5 Å². The van der Waals surface area contributed by atoms with Crippen LogP contribution in [0.1, 0.15) is 63.0 Å². The number of nitrogens with zero attached hydrogens (tertiary/aromatic N) is 2. The minimum Gasteiger partial charge on any atom is -0.493 e. The summed E-state index contributed by atoms with van der Waals surface area (Å²) in [6.07, 6.45) is 6.00. The topological polar surface area (TPSA) is 88.4 Å². The van der Waals surface area contributed by atoms with Crippen LogP contribution in [0.4, 0.5) is 0 Å². The second-order valence-electron chi connectivity index (χ2n) is 8.85. The molecule has 176 valence electrons. The monoisotopic (exact) mass is 444 g/mol. The molecule has 0 radical (unpaired) electrons. The maximum Gasteiger partial charge on any atom is 0.303 e. The standard InChI is InChI=1S/C25H36N2O5/c1-4-5-6-7-24(28)27-11-9-17(14-25(29)30)19(16-27)12-21-20-15-23(32-3)22(31-2)13-18(20)8-10-26-21/h13,15,17,19H,4-12,14,16H2,1-3H3,(H,29,30)/t17-,19-/m0/s1. The third-order valence-electron chi connectivity index (χ3n) is 6.73. The van der Waals surface area contributed by atoms with Crippen molar-refractivity contribution in [2.24, 2.45) is 16.8 Å². The van der Waals surface area contributed by atoms with E-state index in [0.29, 0.717) is 44.0 Å². The van der Waals surface area contributed by atoms with Crippen LogP contribution in [0.25, 0.3) is 0 Å². The molecule has 32 heavy (non-hydrogen) atoms.